The third-order valence-electron chi connectivity index (χ3n) is 1.59. The van der Waals surface area contributed by atoms with E-state index in [1.54, 1.807) is 0 Å². The molecular formula is C6H9NO. The summed E-state index contributed by atoms with van der Waals surface area (Å²) in [5.74, 6) is 0.130. The van der Waals surface area contributed by atoms with Crippen LogP contribution in [0, 0.1) is 17.2 Å². The number of rotatable bonds is 0. The van der Waals surface area contributed by atoms with Crippen molar-refractivity contribution in [3.8, 4) is 6.07 Å². The first-order chi connectivity index (χ1) is 3.83. The summed E-state index contributed by atoms with van der Waals surface area (Å²) >= 11 is 0. The van der Waals surface area contributed by atoms with Gasteiger partial charge in [-0.2, -0.15) is 5.26 Å². The molecule has 2 unspecified atom stereocenters. The summed E-state index contributed by atoms with van der Waals surface area (Å²) in [6, 6.07) is 2.13. The molecule has 2 atom stereocenters. The monoisotopic (exact) mass is 111 g/mol. The highest BCUT2D eigenvalue weighted by atomic mass is 16.3. The van der Waals surface area contributed by atoms with E-state index in [4.69, 9.17) is 10.4 Å². The van der Waals surface area contributed by atoms with Gasteiger partial charge in [-0.05, 0) is 19.3 Å². The van der Waals surface area contributed by atoms with E-state index in [1.165, 1.54) is 0 Å². The fraction of sp³-hybridized carbons (Fsp3) is 0.833. The lowest BCUT2D eigenvalue weighted by Crippen LogP contribution is -1.97. The molecule has 2 heteroatoms. The molecule has 0 saturated heterocycles. The molecule has 1 N–H and O–H groups in total. The van der Waals surface area contributed by atoms with Crippen molar-refractivity contribution in [2.24, 2.45) is 5.92 Å². The van der Waals surface area contributed by atoms with E-state index < -0.39 is 0 Å². The Morgan fingerprint density at radius 1 is 1.50 bits per heavy atom. The SMILES string of the molecule is N#CC1CCC(O)C1. The predicted molar refractivity (Wildman–Crippen MR) is 29.0 cm³/mol. The molecule has 0 aliphatic heterocycles. The van der Waals surface area contributed by atoms with Gasteiger partial charge in [0.2, 0.25) is 0 Å². The third-order valence-corrected chi connectivity index (χ3v) is 1.59. The maximum atomic E-state index is 8.88. The van der Waals surface area contributed by atoms with Crippen LogP contribution in [0.3, 0.4) is 0 Å². The summed E-state index contributed by atoms with van der Waals surface area (Å²) in [5, 5.41) is 17.2. The molecule has 0 aromatic carbocycles. The van der Waals surface area contributed by atoms with Crippen molar-refractivity contribution >= 4 is 0 Å². The smallest absolute Gasteiger partial charge is 0.0656 e. The van der Waals surface area contributed by atoms with Crippen molar-refractivity contribution in [3.63, 3.8) is 0 Å². The van der Waals surface area contributed by atoms with Crippen molar-refractivity contribution in [2.75, 3.05) is 0 Å². The minimum atomic E-state index is -0.195. The van der Waals surface area contributed by atoms with Gasteiger partial charge in [0.15, 0.2) is 0 Å². The van der Waals surface area contributed by atoms with Gasteiger partial charge in [-0.15, -0.1) is 0 Å². The molecule has 1 saturated carbocycles. The lowest BCUT2D eigenvalue weighted by Gasteiger charge is -1.94. The number of nitriles is 1. The number of hydrogen-bond donors (Lipinski definition) is 1. The Bertz CT molecular complexity index is 116. The number of aliphatic hydroxyl groups excluding tert-OH is 1. The average molecular weight is 111 g/mol. The maximum Gasteiger partial charge on any atom is 0.0656 e. The fourth-order valence-electron chi connectivity index (χ4n) is 1.07. The van der Waals surface area contributed by atoms with Crippen LogP contribution in [0.15, 0.2) is 0 Å². The predicted octanol–water partition coefficient (Wildman–Crippen LogP) is 0.671. The first-order valence-electron chi connectivity index (χ1n) is 2.90. The molecule has 0 amide bonds. The summed E-state index contributed by atoms with van der Waals surface area (Å²) in [4.78, 5) is 0. The summed E-state index contributed by atoms with van der Waals surface area (Å²) in [7, 11) is 0. The summed E-state index contributed by atoms with van der Waals surface area (Å²) in [6.07, 6.45) is 2.20. The standard InChI is InChI=1S/C6H9NO/c7-4-5-1-2-6(8)3-5/h5-6,8H,1-3H2. The Kier molecular flexibility index (Phi) is 1.50. The van der Waals surface area contributed by atoms with E-state index in [0.717, 1.165) is 12.8 Å². The summed E-state index contributed by atoms with van der Waals surface area (Å²) in [5.41, 5.74) is 0. The normalized spacial score (nSPS) is 37.0. The second-order valence-electron chi connectivity index (χ2n) is 2.29. The van der Waals surface area contributed by atoms with E-state index in [-0.39, 0.29) is 12.0 Å². The highest BCUT2D eigenvalue weighted by Gasteiger charge is 2.21. The topological polar surface area (TPSA) is 44.0 Å². The van der Waals surface area contributed by atoms with Crippen LogP contribution >= 0.6 is 0 Å². The van der Waals surface area contributed by atoms with E-state index in [2.05, 4.69) is 6.07 Å². The zero-order chi connectivity index (χ0) is 5.98. The zero-order valence-corrected chi connectivity index (χ0v) is 4.67. The van der Waals surface area contributed by atoms with E-state index in [0.29, 0.717) is 6.42 Å². The minimum absolute atomic E-state index is 0.130. The van der Waals surface area contributed by atoms with Crippen LogP contribution < -0.4 is 0 Å². The van der Waals surface area contributed by atoms with Crippen LogP contribution in [0.4, 0.5) is 0 Å². The van der Waals surface area contributed by atoms with Crippen molar-refractivity contribution in [2.45, 2.75) is 25.4 Å². The Balaban J connectivity index is 2.35. The Morgan fingerprint density at radius 3 is 2.50 bits per heavy atom. The average Bonchev–Trinajstić information content (AvgIpc) is 2.14. The molecule has 44 valence electrons. The van der Waals surface area contributed by atoms with Crippen LogP contribution in [0.5, 0.6) is 0 Å². The second-order valence-corrected chi connectivity index (χ2v) is 2.29. The van der Waals surface area contributed by atoms with E-state index in [9.17, 15) is 0 Å². The molecule has 0 heterocycles. The van der Waals surface area contributed by atoms with Crippen LogP contribution in [-0.2, 0) is 0 Å². The van der Waals surface area contributed by atoms with Crippen LogP contribution in [0.1, 0.15) is 19.3 Å². The Morgan fingerprint density at radius 2 is 2.25 bits per heavy atom. The highest BCUT2D eigenvalue weighted by Crippen LogP contribution is 2.23. The number of nitrogens with zero attached hydrogens (tertiary/aromatic N) is 1. The fourth-order valence-corrected chi connectivity index (χ4v) is 1.07. The molecule has 0 aromatic rings. The van der Waals surface area contributed by atoms with Crippen molar-refractivity contribution in [1.29, 1.82) is 5.26 Å². The van der Waals surface area contributed by atoms with Gasteiger partial charge in [-0.25, -0.2) is 0 Å². The largest absolute Gasteiger partial charge is 0.393 e. The van der Waals surface area contributed by atoms with Gasteiger partial charge in [0.05, 0.1) is 12.2 Å². The third kappa shape index (κ3) is 0.988. The molecule has 0 spiro atoms. The molecule has 1 fully saturated rings. The number of hydrogen-bond acceptors (Lipinski definition) is 2. The van der Waals surface area contributed by atoms with Crippen molar-refractivity contribution in [3.05, 3.63) is 0 Å². The van der Waals surface area contributed by atoms with E-state index >= 15 is 0 Å². The van der Waals surface area contributed by atoms with Gasteiger partial charge in [0.1, 0.15) is 0 Å². The lowest BCUT2D eigenvalue weighted by atomic mass is 10.1. The maximum absolute atomic E-state index is 8.88. The van der Waals surface area contributed by atoms with Crippen molar-refractivity contribution in [1.82, 2.24) is 0 Å². The quantitative estimate of drug-likeness (QED) is 0.499. The van der Waals surface area contributed by atoms with Gasteiger partial charge in [-0.1, -0.05) is 0 Å². The van der Waals surface area contributed by atoms with Gasteiger partial charge in [-0.3, -0.25) is 0 Å². The molecule has 8 heavy (non-hydrogen) atoms. The summed E-state index contributed by atoms with van der Waals surface area (Å²) < 4.78 is 0. The molecule has 2 nitrogen and oxygen atoms in total. The first-order valence-corrected chi connectivity index (χ1v) is 2.90. The lowest BCUT2D eigenvalue weighted by molar-refractivity contribution is 0.180. The second kappa shape index (κ2) is 2.15. The van der Waals surface area contributed by atoms with Gasteiger partial charge >= 0.3 is 0 Å². The van der Waals surface area contributed by atoms with Crippen LogP contribution in [0.2, 0.25) is 0 Å². The molecule has 1 rings (SSSR count). The van der Waals surface area contributed by atoms with Gasteiger partial charge in [0.25, 0.3) is 0 Å². The number of aliphatic hydroxyl groups is 1. The molecule has 1 aliphatic carbocycles. The molecule has 0 radical (unpaired) electrons. The molecule has 0 aromatic heterocycles. The van der Waals surface area contributed by atoms with Crippen LogP contribution in [0.25, 0.3) is 0 Å². The summed E-state index contributed by atoms with van der Waals surface area (Å²) in [6.45, 7) is 0. The Labute approximate surface area is 48.7 Å². The molecule has 1 aliphatic rings. The van der Waals surface area contributed by atoms with Crippen LogP contribution in [-0.4, -0.2) is 11.2 Å². The zero-order valence-electron chi connectivity index (χ0n) is 4.67. The molecule has 0 bridgehead atoms. The Hall–Kier alpha value is -0.550. The van der Waals surface area contributed by atoms with Crippen molar-refractivity contribution < 1.29 is 5.11 Å². The van der Waals surface area contributed by atoms with E-state index in [1.807, 2.05) is 0 Å². The molecular weight excluding hydrogens is 102 g/mol. The van der Waals surface area contributed by atoms with Gasteiger partial charge < -0.3 is 5.11 Å². The highest BCUT2D eigenvalue weighted by molar-refractivity contribution is 4.89. The minimum Gasteiger partial charge on any atom is -0.393 e. The first kappa shape index (κ1) is 5.58. The van der Waals surface area contributed by atoms with Gasteiger partial charge in [0, 0.05) is 5.92 Å².